The SMILES string of the molecule is CC1CCCCC1NC(=O)c1ccccc1CBr. The van der Waals surface area contributed by atoms with E-state index >= 15 is 0 Å². The van der Waals surface area contributed by atoms with Gasteiger partial charge >= 0.3 is 0 Å². The molecule has 3 heteroatoms. The third-order valence-electron chi connectivity index (χ3n) is 3.83. The number of hydrogen-bond donors (Lipinski definition) is 1. The first-order valence-electron chi connectivity index (χ1n) is 6.67. The summed E-state index contributed by atoms with van der Waals surface area (Å²) in [6.07, 6.45) is 4.87. The number of halogens is 1. The monoisotopic (exact) mass is 309 g/mol. The summed E-state index contributed by atoms with van der Waals surface area (Å²) in [7, 11) is 0. The molecule has 1 aromatic carbocycles. The van der Waals surface area contributed by atoms with E-state index in [1.54, 1.807) is 0 Å². The van der Waals surface area contributed by atoms with Crippen LogP contribution in [0.2, 0.25) is 0 Å². The van der Waals surface area contributed by atoms with Gasteiger partial charge in [0.15, 0.2) is 0 Å². The Balaban J connectivity index is 2.07. The van der Waals surface area contributed by atoms with Crippen molar-refractivity contribution < 1.29 is 4.79 Å². The Morgan fingerprint density at radius 2 is 2.06 bits per heavy atom. The van der Waals surface area contributed by atoms with Gasteiger partial charge in [-0.2, -0.15) is 0 Å². The van der Waals surface area contributed by atoms with Crippen LogP contribution in [0.4, 0.5) is 0 Å². The van der Waals surface area contributed by atoms with Crippen LogP contribution >= 0.6 is 15.9 Å². The first-order chi connectivity index (χ1) is 8.72. The predicted octanol–water partition coefficient (Wildman–Crippen LogP) is 3.89. The van der Waals surface area contributed by atoms with Gasteiger partial charge < -0.3 is 5.32 Å². The fraction of sp³-hybridized carbons (Fsp3) is 0.533. The lowest BCUT2D eigenvalue weighted by Gasteiger charge is -2.29. The molecule has 0 spiro atoms. The molecule has 2 unspecified atom stereocenters. The minimum Gasteiger partial charge on any atom is -0.349 e. The van der Waals surface area contributed by atoms with E-state index in [0.29, 0.717) is 12.0 Å². The quantitative estimate of drug-likeness (QED) is 0.843. The minimum atomic E-state index is 0.0730. The average Bonchev–Trinajstić information content (AvgIpc) is 2.41. The lowest BCUT2D eigenvalue weighted by molar-refractivity contribution is 0.0909. The van der Waals surface area contributed by atoms with Gasteiger partial charge in [-0.15, -0.1) is 0 Å². The van der Waals surface area contributed by atoms with Crippen LogP contribution in [0, 0.1) is 5.92 Å². The zero-order valence-electron chi connectivity index (χ0n) is 10.8. The first-order valence-corrected chi connectivity index (χ1v) is 7.79. The number of nitrogens with one attached hydrogen (secondary N) is 1. The van der Waals surface area contributed by atoms with Gasteiger partial charge in [-0.05, 0) is 30.4 Å². The summed E-state index contributed by atoms with van der Waals surface area (Å²) in [4.78, 5) is 12.3. The minimum absolute atomic E-state index is 0.0730. The molecule has 1 saturated carbocycles. The molecule has 18 heavy (non-hydrogen) atoms. The molecular weight excluding hydrogens is 290 g/mol. The van der Waals surface area contributed by atoms with Crippen molar-refractivity contribution in [3.8, 4) is 0 Å². The topological polar surface area (TPSA) is 29.1 Å². The molecule has 1 aliphatic rings. The Hall–Kier alpha value is -0.830. The highest BCUT2D eigenvalue weighted by Gasteiger charge is 2.23. The Labute approximate surface area is 117 Å². The third kappa shape index (κ3) is 3.14. The van der Waals surface area contributed by atoms with Crippen molar-refractivity contribution in [3.05, 3.63) is 35.4 Å². The summed E-state index contributed by atoms with van der Waals surface area (Å²) in [5.74, 6) is 0.669. The molecule has 0 aromatic heterocycles. The van der Waals surface area contributed by atoms with Crippen molar-refractivity contribution in [2.24, 2.45) is 5.92 Å². The van der Waals surface area contributed by atoms with Crippen molar-refractivity contribution in [2.75, 3.05) is 0 Å². The van der Waals surface area contributed by atoms with Crippen molar-refractivity contribution in [2.45, 2.75) is 44.0 Å². The van der Waals surface area contributed by atoms with E-state index in [2.05, 4.69) is 28.2 Å². The van der Waals surface area contributed by atoms with Gasteiger partial charge in [-0.25, -0.2) is 0 Å². The highest BCUT2D eigenvalue weighted by atomic mass is 79.9. The van der Waals surface area contributed by atoms with Crippen LogP contribution in [-0.4, -0.2) is 11.9 Å². The van der Waals surface area contributed by atoms with Gasteiger partial charge in [0, 0.05) is 16.9 Å². The second-order valence-corrected chi connectivity index (χ2v) is 5.69. The van der Waals surface area contributed by atoms with Crippen molar-refractivity contribution in [1.29, 1.82) is 0 Å². The van der Waals surface area contributed by atoms with Crippen LogP contribution in [0.1, 0.15) is 48.5 Å². The molecule has 1 aliphatic carbocycles. The summed E-state index contributed by atoms with van der Waals surface area (Å²) in [5, 5.41) is 3.92. The van der Waals surface area contributed by atoms with Crippen LogP contribution in [0.15, 0.2) is 24.3 Å². The molecule has 1 fully saturated rings. The molecule has 2 nitrogen and oxygen atoms in total. The molecule has 2 atom stereocenters. The van der Waals surface area contributed by atoms with E-state index in [-0.39, 0.29) is 5.91 Å². The average molecular weight is 310 g/mol. The van der Waals surface area contributed by atoms with Crippen LogP contribution < -0.4 is 5.32 Å². The number of carbonyl (C=O) groups is 1. The number of amides is 1. The molecule has 0 heterocycles. The van der Waals surface area contributed by atoms with Gasteiger partial charge in [0.25, 0.3) is 5.91 Å². The highest BCUT2D eigenvalue weighted by Crippen LogP contribution is 2.24. The van der Waals surface area contributed by atoms with Gasteiger partial charge in [0.2, 0.25) is 0 Å². The lowest BCUT2D eigenvalue weighted by atomic mass is 9.86. The van der Waals surface area contributed by atoms with Crippen LogP contribution in [0.5, 0.6) is 0 Å². The van der Waals surface area contributed by atoms with Crippen LogP contribution in [0.25, 0.3) is 0 Å². The first kappa shape index (κ1) is 13.6. The number of benzene rings is 1. The third-order valence-corrected chi connectivity index (χ3v) is 4.44. The molecule has 2 rings (SSSR count). The zero-order valence-corrected chi connectivity index (χ0v) is 12.4. The molecule has 1 amide bonds. The Bertz CT molecular complexity index is 419. The summed E-state index contributed by atoms with van der Waals surface area (Å²) in [5.41, 5.74) is 1.85. The van der Waals surface area contributed by atoms with Crippen LogP contribution in [0.3, 0.4) is 0 Å². The maximum Gasteiger partial charge on any atom is 0.251 e. The smallest absolute Gasteiger partial charge is 0.251 e. The molecule has 0 bridgehead atoms. The lowest BCUT2D eigenvalue weighted by Crippen LogP contribution is -2.41. The number of hydrogen-bond acceptors (Lipinski definition) is 1. The normalized spacial score (nSPS) is 23.7. The standard InChI is InChI=1S/C15H20BrNO/c1-11-6-2-5-9-14(11)17-15(18)13-8-4-3-7-12(13)10-16/h3-4,7-8,11,14H,2,5-6,9-10H2,1H3,(H,17,18). The van der Waals surface area contributed by atoms with Crippen LogP contribution in [-0.2, 0) is 5.33 Å². The number of rotatable bonds is 3. The molecule has 1 aromatic rings. The fourth-order valence-electron chi connectivity index (χ4n) is 2.64. The van der Waals surface area contributed by atoms with Gasteiger partial charge in [-0.3, -0.25) is 4.79 Å². The van der Waals surface area contributed by atoms with E-state index in [1.807, 2.05) is 24.3 Å². The fourth-order valence-corrected chi connectivity index (χ4v) is 3.12. The molecular formula is C15H20BrNO. The van der Waals surface area contributed by atoms with Gasteiger partial charge in [0.1, 0.15) is 0 Å². The summed E-state index contributed by atoms with van der Waals surface area (Å²) >= 11 is 3.43. The molecule has 98 valence electrons. The summed E-state index contributed by atoms with van der Waals surface area (Å²) in [6, 6.07) is 8.13. The summed E-state index contributed by atoms with van der Waals surface area (Å²) in [6.45, 7) is 2.24. The van der Waals surface area contributed by atoms with Gasteiger partial charge in [-0.1, -0.05) is 53.9 Å². The second-order valence-electron chi connectivity index (χ2n) is 5.13. The molecule has 0 radical (unpaired) electrons. The van der Waals surface area contributed by atoms with E-state index in [1.165, 1.54) is 19.3 Å². The Kier molecular flexibility index (Phi) is 4.81. The Morgan fingerprint density at radius 3 is 2.78 bits per heavy atom. The Morgan fingerprint density at radius 1 is 1.33 bits per heavy atom. The zero-order chi connectivity index (χ0) is 13.0. The van der Waals surface area contributed by atoms with Crippen molar-refractivity contribution in [1.82, 2.24) is 5.32 Å². The number of carbonyl (C=O) groups excluding carboxylic acids is 1. The number of alkyl halides is 1. The molecule has 1 N–H and O–H groups in total. The largest absolute Gasteiger partial charge is 0.349 e. The van der Waals surface area contributed by atoms with Gasteiger partial charge in [0.05, 0.1) is 0 Å². The summed E-state index contributed by atoms with van der Waals surface area (Å²) < 4.78 is 0. The predicted molar refractivity (Wildman–Crippen MR) is 78.0 cm³/mol. The second kappa shape index (κ2) is 6.37. The van der Waals surface area contributed by atoms with E-state index < -0.39 is 0 Å². The van der Waals surface area contributed by atoms with Crippen molar-refractivity contribution >= 4 is 21.8 Å². The maximum atomic E-state index is 12.3. The van der Waals surface area contributed by atoms with Crippen molar-refractivity contribution in [3.63, 3.8) is 0 Å². The molecule has 0 aliphatic heterocycles. The van der Waals surface area contributed by atoms with E-state index in [4.69, 9.17) is 0 Å². The molecule has 0 saturated heterocycles. The van der Waals surface area contributed by atoms with E-state index in [9.17, 15) is 4.79 Å². The highest BCUT2D eigenvalue weighted by molar-refractivity contribution is 9.08. The van der Waals surface area contributed by atoms with E-state index in [0.717, 1.165) is 22.9 Å². The maximum absolute atomic E-state index is 12.3.